The van der Waals surface area contributed by atoms with Crippen LogP contribution in [0.25, 0.3) is 0 Å². The minimum absolute atomic E-state index is 0.0819. The molecule has 6 nitrogen and oxygen atoms in total. The lowest BCUT2D eigenvalue weighted by molar-refractivity contribution is 0.0642. The Labute approximate surface area is 206 Å². The van der Waals surface area contributed by atoms with Crippen LogP contribution < -0.4 is 10.1 Å². The van der Waals surface area contributed by atoms with Crippen molar-refractivity contribution in [3.63, 3.8) is 0 Å². The highest BCUT2D eigenvalue weighted by Gasteiger charge is 2.35. The Kier molecular flexibility index (Phi) is 6.78. The molecule has 7 heteroatoms. The summed E-state index contributed by atoms with van der Waals surface area (Å²) < 4.78 is 5.98. The van der Waals surface area contributed by atoms with Crippen molar-refractivity contribution >= 4 is 40.3 Å². The van der Waals surface area contributed by atoms with Crippen molar-refractivity contribution in [1.29, 1.82) is 0 Å². The van der Waals surface area contributed by atoms with E-state index in [9.17, 15) is 14.4 Å². The van der Waals surface area contributed by atoms with Gasteiger partial charge in [-0.05, 0) is 83.5 Å². The first-order chi connectivity index (χ1) is 15.9. The largest absolute Gasteiger partial charge is 0.497 e. The molecule has 1 aliphatic heterocycles. The predicted molar refractivity (Wildman–Crippen MR) is 133 cm³/mol. The van der Waals surface area contributed by atoms with Crippen LogP contribution in [0.4, 0.5) is 0 Å². The maximum absolute atomic E-state index is 13.0. The second-order valence-electron chi connectivity index (χ2n) is 7.98. The Morgan fingerprint density at radius 3 is 2.18 bits per heavy atom. The topological polar surface area (TPSA) is 75.7 Å². The van der Waals surface area contributed by atoms with Crippen LogP contribution in [0.5, 0.6) is 5.75 Å². The lowest BCUT2D eigenvalue weighted by Crippen LogP contribution is -2.34. The molecule has 0 fully saturated rings. The molecule has 1 atom stereocenters. The zero-order valence-electron chi connectivity index (χ0n) is 18.3. The molecule has 4 rings (SSSR count). The highest BCUT2D eigenvalue weighted by atomic mass is 127. The van der Waals surface area contributed by atoms with Crippen LogP contribution in [0.15, 0.2) is 66.7 Å². The number of carbonyl (C=O) groups is 3. The van der Waals surface area contributed by atoms with Gasteiger partial charge in [-0.3, -0.25) is 19.3 Å². The van der Waals surface area contributed by atoms with Gasteiger partial charge in [-0.15, -0.1) is 0 Å². The van der Waals surface area contributed by atoms with Crippen molar-refractivity contribution in [3.05, 3.63) is 98.1 Å². The van der Waals surface area contributed by atoms with Gasteiger partial charge < -0.3 is 10.1 Å². The quantitative estimate of drug-likeness (QED) is 0.346. The van der Waals surface area contributed by atoms with E-state index in [2.05, 4.69) is 27.9 Å². The van der Waals surface area contributed by atoms with Gasteiger partial charge in [0.25, 0.3) is 17.7 Å². The summed E-state index contributed by atoms with van der Waals surface area (Å²) in [6, 6.07) is 19.9. The van der Waals surface area contributed by atoms with E-state index in [1.54, 1.807) is 37.4 Å². The monoisotopic (exact) mass is 554 g/mol. The maximum Gasteiger partial charge on any atom is 0.261 e. The summed E-state index contributed by atoms with van der Waals surface area (Å²) in [5, 5.41) is 3.04. The molecule has 1 heterocycles. The maximum atomic E-state index is 13.0. The van der Waals surface area contributed by atoms with Crippen LogP contribution in [-0.4, -0.2) is 35.8 Å². The summed E-state index contributed by atoms with van der Waals surface area (Å²) in [5.41, 5.74) is 3.17. The van der Waals surface area contributed by atoms with Crippen molar-refractivity contribution < 1.29 is 19.1 Å². The molecular weight excluding hydrogens is 531 g/mol. The number of nitrogens with zero attached hydrogens (tertiary/aromatic N) is 1. The number of halogens is 1. The normalized spacial score (nSPS) is 13.6. The summed E-state index contributed by atoms with van der Waals surface area (Å²) in [5.74, 6) is -0.0222. The fourth-order valence-corrected chi connectivity index (χ4v) is 4.46. The van der Waals surface area contributed by atoms with Crippen LogP contribution in [0.1, 0.15) is 49.1 Å². The Morgan fingerprint density at radius 1 is 0.970 bits per heavy atom. The predicted octanol–water partition coefficient (Wildman–Crippen LogP) is 4.46. The molecule has 0 aliphatic carbocycles. The SMILES string of the molecule is COc1ccc(C[C@@H](C)NC(=O)c2cc(CN3C(=O)c4ccccc4C3=O)ccc2I)cc1. The van der Waals surface area contributed by atoms with E-state index >= 15 is 0 Å². The number of methoxy groups -OCH3 is 1. The van der Waals surface area contributed by atoms with E-state index in [0.717, 1.165) is 20.4 Å². The molecule has 168 valence electrons. The molecule has 0 saturated heterocycles. The first kappa shape index (κ1) is 23.0. The highest BCUT2D eigenvalue weighted by Crippen LogP contribution is 2.25. The van der Waals surface area contributed by atoms with Crippen molar-refractivity contribution in [2.45, 2.75) is 25.9 Å². The van der Waals surface area contributed by atoms with Gasteiger partial charge in [0.15, 0.2) is 0 Å². The van der Waals surface area contributed by atoms with Gasteiger partial charge in [0.1, 0.15) is 5.75 Å². The number of imide groups is 1. The Morgan fingerprint density at radius 2 is 1.58 bits per heavy atom. The molecular formula is C26H23IN2O4. The number of rotatable bonds is 7. The first-order valence-corrected chi connectivity index (χ1v) is 11.6. The van der Waals surface area contributed by atoms with Gasteiger partial charge in [0, 0.05) is 9.61 Å². The van der Waals surface area contributed by atoms with Crippen LogP contribution in [0.2, 0.25) is 0 Å². The number of benzene rings is 3. The number of hydrogen-bond donors (Lipinski definition) is 1. The standard InChI is InChI=1S/C26H23IN2O4/c1-16(13-17-7-10-19(33-2)11-8-17)28-24(30)22-14-18(9-12-23(22)27)15-29-25(31)20-5-3-4-6-21(20)26(29)32/h3-12,14,16H,13,15H2,1-2H3,(H,28,30)/t16-/m1/s1. The summed E-state index contributed by atoms with van der Waals surface area (Å²) in [7, 11) is 1.63. The molecule has 0 radical (unpaired) electrons. The number of amides is 3. The average Bonchev–Trinajstić information content (AvgIpc) is 3.05. The molecule has 3 aromatic rings. The fraction of sp³-hybridized carbons (Fsp3) is 0.192. The smallest absolute Gasteiger partial charge is 0.261 e. The highest BCUT2D eigenvalue weighted by molar-refractivity contribution is 14.1. The Hall–Kier alpha value is -3.20. The zero-order valence-corrected chi connectivity index (χ0v) is 20.5. The van der Waals surface area contributed by atoms with Crippen LogP contribution in [0, 0.1) is 3.57 Å². The number of fused-ring (bicyclic) bond motifs is 1. The van der Waals surface area contributed by atoms with Crippen molar-refractivity contribution in [1.82, 2.24) is 10.2 Å². The summed E-state index contributed by atoms with van der Waals surface area (Å²) in [4.78, 5) is 39.5. The minimum Gasteiger partial charge on any atom is -0.497 e. The van der Waals surface area contributed by atoms with Crippen LogP contribution >= 0.6 is 22.6 Å². The third-order valence-electron chi connectivity index (χ3n) is 5.57. The fourth-order valence-electron chi connectivity index (χ4n) is 3.88. The van der Waals surface area contributed by atoms with Crippen molar-refractivity contribution in [2.75, 3.05) is 7.11 Å². The number of hydrogen-bond acceptors (Lipinski definition) is 4. The molecule has 0 aromatic heterocycles. The second-order valence-corrected chi connectivity index (χ2v) is 9.15. The number of nitrogens with one attached hydrogen (secondary N) is 1. The molecule has 0 bridgehead atoms. The average molecular weight is 554 g/mol. The molecule has 0 saturated carbocycles. The van der Waals surface area contributed by atoms with E-state index in [1.807, 2.05) is 43.3 Å². The van der Waals surface area contributed by atoms with Crippen LogP contribution in [0.3, 0.4) is 0 Å². The lowest BCUT2D eigenvalue weighted by Gasteiger charge is -2.17. The third kappa shape index (κ3) is 4.93. The van der Waals surface area contributed by atoms with Crippen molar-refractivity contribution in [3.8, 4) is 5.75 Å². The Balaban J connectivity index is 1.45. The third-order valence-corrected chi connectivity index (χ3v) is 6.51. The lowest BCUT2D eigenvalue weighted by atomic mass is 10.1. The molecule has 0 spiro atoms. The van der Waals surface area contributed by atoms with Gasteiger partial charge in [-0.1, -0.05) is 30.3 Å². The summed E-state index contributed by atoms with van der Waals surface area (Å²) in [6.07, 6.45) is 0.682. The van der Waals surface area contributed by atoms with E-state index in [0.29, 0.717) is 23.1 Å². The zero-order chi connectivity index (χ0) is 23.5. The van der Waals surface area contributed by atoms with E-state index in [-0.39, 0.29) is 30.3 Å². The number of ether oxygens (including phenoxy) is 1. The van der Waals surface area contributed by atoms with E-state index in [4.69, 9.17) is 4.74 Å². The molecule has 1 N–H and O–H groups in total. The second kappa shape index (κ2) is 9.74. The molecule has 0 unspecified atom stereocenters. The van der Waals surface area contributed by atoms with Gasteiger partial charge in [0.2, 0.25) is 0 Å². The minimum atomic E-state index is -0.312. The van der Waals surface area contributed by atoms with E-state index in [1.165, 1.54) is 4.90 Å². The summed E-state index contributed by atoms with van der Waals surface area (Å²) in [6.45, 7) is 2.07. The first-order valence-electron chi connectivity index (χ1n) is 10.5. The van der Waals surface area contributed by atoms with Crippen molar-refractivity contribution in [2.24, 2.45) is 0 Å². The summed E-state index contributed by atoms with van der Waals surface area (Å²) >= 11 is 2.12. The molecule has 3 amide bonds. The number of carbonyl (C=O) groups excluding carboxylic acids is 3. The molecule has 3 aromatic carbocycles. The van der Waals surface area contributed by atoms with E-state index < -0.39 is 0 Å². The van der Waals surface area contributed by atoms with Gasteiger partial charge in [-0.2, -0.15) is 0 Å². The Bertz CT molecular complexity index is 1190. The molecule has 33 heavy (non-hydrogen) atoms. The van der Waals surface area contributed by atoms with Crippen LogP contribution in [-0.2, 0) is 13.0 Å². The van der Waals surface area contributed by atoms with Gasteiger partial charge in [0.05, 0.1) is 30.3 Å². The van der Waals surface area contributed by atoms with Gasteiger partial charge >= 0.3 is 0 Å². The van der Waals surface area contributed by atoms with Gasteiger partial charge in [-0.25, -0.2) is 0 Å². The molecule has 1 aliphatic rings.